The van der Waals surface area contributed by atoms with Crippen molar-refractivity contribution in [3.63, 3.8) is 0 Å². The van der Waals surface area contributed by atoms with Gasteiger partial charge in [-0.05, 0) is 194 Å². The van der Waals surface area contributed by atoms with Gasteiger partial charge in [0.1, 0.15) is 46.0 Å². The normalized spacial score (nSPS) is 11.5. The number of aromatic nitrogens is 3. The smallest absolute Gasteiger partial charge is 0.369 e. The number of halogens is 8. The van der Waals surface area contributed by atoms with E-state index in [1.807, 2.05) is 48.5 Å². The van der Waals surface area contributed by atoms with Gasteiger partial charge in [-0.2, -0.15) is 0 Å². The third-order valence-corrected chi connectivity index (χ3v) is 25.8. The van der Waals surface area contributed by atoms with Crippen molar-refractivity contribution in [3.8, 4) is 74.2 Å². The highest BCUT2D eigenvalue weighted by Crippen LogP contribution is 2.49. The molecule has 3 aromatic heterocycles. The lowest BCUT2D eigenvalue weighted by atomic mass is 9.94. The van der Waals surface area contributed by atoms with Crippen molar-refractivity contribution in [2.24, 2.45) is 0 Å². The Morgan fingerprint density at radius 2 is 0.558 bits per heavy atom. The molecule has 1 saturated heterocycles. The number of rotatable bonds is 12. The quantitative estimate of drug-likeness (QED) is 0.0297. The van der Waals surface area contributed by atoms with E-state index in [1.54, 1.807) is 52.7 Å². The number of phenolic OH excluding ortho intramolecular Hbond substituents is 2. The molecular formula is C123H94BBr4Cl4N3O12. The fourth-order valence-electron chi connectivity index (χ4n) is 19.2. The summed E-state index contributed by atoms with van der Waals surface area (Å²) in [4.78, 5) is 33.5. The number of esters is 2. The summed E-state index contributed by atoms with van der Waals surface area (Å²) in [5.41, 5.74) is 14.6. The van der Waals surface area contributed by atoms with Crippen LogP contribution in [0.1, 0.15) is 24.0 Å². The van der Waals surface area contributed by atoms with Crippen LogP contribution in [0.5, 0.6) is 46.0 Å². The molecule has 23 aromatic rings. The molecule has 732 valence electrons. The molecule has 15 nitrogen and oxygen atoms in total. The predicted molar refractivity (Wildman–Crippen MR) is 627 cm³/mol. The Labute approximate surface area is 901 Å². The highest BCUT2D eigenvalue weighted by atomic mass is 79.9. The molecule has 0 spiro atoms. The van der Waals surface area contributed by atoms with Gasteiger partial charge in [0, 0.05) is 123 Å². The van der Waals surface area contributed by atoms with Gasteiger partial charge in [0.05, 0.1) is 78.6 Å². The van der Waals surface area contributed by atoms with Crippen LogP contribution in [-0.2, 0) is 25.5 Å². The second-order valence-electron chi connectivity index (χ2n) is 34.0. The van der Waals surface area contributed by atoms with Gasteiger partial charge in [-0.15, -0.1) is 47.3 Å². The van der Waals surface area contributed by atoms with Crippen molar-refractivity contribution in [1.82, 2.24) is 13.7 Å². The minimum Gasteiger partial charge on any atom is -0.508 e. The second-order valence-corrected chi connectivity index (χ2v) is 43.7. The molecule has 2 N–H and O–H groups in total. The molecule has 20 aromatic carbocycles. The largest absolute Gasteiger partial charge is 0.508 e. The van der Waals surface area contributed by atoms with Crippen molar-refractivity contribution in [2.45, 2.75) is 23.6 Å². The summed E-state index contributed by atoms with van der Waals surface area (Å²) in [6, 6.07) is 124. The lowest BCUT2D eigenvalue weighted by Crippen LogP contribution is -2.07. The SMILES string of the molecule is BrB(Br)Br.C1CCOC1.C=CC(=O)Cl.C=CC(=O)Oc1cc(OC(=O)C=C)cc(-n2c3ccc4ccccc4c3c3c4ccccc4ccc32)c1.COc1cc(Br)cc(OC)c1.COc1cc(OC)cc(-n2c3ccc4ccccc4c3c3c4ccccc4ccc32)c1.ClC(Cl)Cl.Oc1cc(O)cc(-n2c3ccc4ccccc4c3c3c4ccccc4ccc32)c1.c1ccc2c3c(ccc2c1)Cc1ccc2ccccc2c1-3. The van der Waals surface area contributed by atoms with Crippen molar-refractivity contribution in [1.29, 1.82) is 0 Å². The number of carbonyl (C=O) groups excluding carboxylic acids is 3. The Morgan fingerprint density at radius 1 is 0.333 bits per heavy atom. The van der Waals surface area contributed by atoms with Crippen LogP contribution in [0.2, 0.25) is 0 Å². The number of allylic oxidation sites excluding steroid dienone is 1. The lowest BCUT2D eigenvalue weighted by molar-refractivity contribution is -0.129. The fourth-order valence-corrected chi connectivity index (χ4v) is 19.7. The van der Waals surface area contributed by atoms with E-state index in [-0.39, 0.29) is 26.2 Å². The van der Waals surface area contributed by atoms with E-state index in [0.29, 0.717) is 5.69 Å². The summed E-state index contributed by atoms with van der Waals surface area (Å²) < 4.78 is 44.0. The van der Waals surface area contributed by atoms with Gasteiger partial charge in [-0.1, -0.05) is 325 Å². The van der Waals surface area contributed by atoms with Gasteiger partial charge < -0.3 is 57.1 Å². The predicted octanol–water partition coefficient (Wildman–Crippen LogP) is 34.8. The minimum atomic E-state index is -0.750. The first-order chi connectivity index (χ1) is 71.5. The van der Waals surface area contributed by atoms with Crippen molar-refractivity contribution >= 4 is 282 Å². The van der Waals surface area contributed by atoms with E-state index in [9.17, 15) is 24.6 Å². The maximum Gasteiger partial charge on any atom is 0.369 e. The first-order valence-electron chi connectivity index (χ1n) is 46.7. The van der Waals surface area contributed by atoms with E-state index in [0.717, 1.165) is 131 Å². The summed E-state index contributed by atoms with van der Waals surface area (Å²) >= 11 is 31.8. The van der Waals surface area contributed by atoms with E-state index >= 15 is 0 Å². The molecule has 147 heavy (non-hydrogen) atoms. The number of phenols is 2. The van der Waals surface area contributed by atoms with Crippen molar-refractivity contribution < 1.29 is 57.8 Å². The average molecular weight is 2280 g/mol. The molecule has 1 fully saturated rings. The van der Waals surface area contributed by atoms with Crippen LogP contribution in [0, 0.1) is 0 Å². The summed E-state index contributed by atoms with van der Waals surface area (Å²) in [5.74, 6) is 2.42. The number of fused-ring (bicyclic) bond motifs is 28. The average Bonchev–Trinajstić information content (AvgIpc) is 1.56. The van der Waals surface area contributed by atoms with E-state index < -0.39 is 21.5 Å². The molecule has 0 radical (unpaired) electrons. The molecule has 25 rings (SSSR count). The molecule has 1 aliphatic heterocycles. The highest BCUT2D eigenvalue weighted by Gasteiger charge is 2.26. The van der Waals surface area contributed by atoms with Crippen LogP contribution in [-0.4, -0.2) is 90.2 Å². The summed E-state index contributed by atoms with van der Waals surface area (Å²) in [6.45, 7) is 12.0. The number of ether oxygens (including phenoxy) is 7. The summed E-state index contributed by atoms with van der Waals surface area (Å²) in [7, 11) is 6.62. The monoisotopic (exact) mass is 2270 g/mol. The molecule has 0 unspecified atom stereocenters. The lowest BCUT2D eigenvalue weighted by Gasteiger charge is -2.13. The van der Waals surface area contributed by atoms with Gasteiger partial charge in [0.15, 0.2) is 4.30 Å². The van der Waals surface area contributed by atoms with Gasteiger partial charge in [-0.25, -0.2) is 9.59 Å². The van der Waals surface area contributed by atoms with E-state index in [1.165, 1.54) is 144 Å². The third kappa shape index (κ3) is 23.2. The molecule has 1 aliphatic carbocycles. The number of methoxy groups -OCH3 is 4. The Morgan fingerprint density at radius 3 is 0.803 bits per heavy atom. The topological polar surface area (TPSA) is 171 Å². The number of hydrogen-bond donors (Lipinski definition) is 2. The van der Waals surface area contributed by atoms with Gasteiger partial charge in [0.25, 0.3) is 0 Å². The second kappa shape index (κ2) is 47.9. The van der Waals surface area contributed by atoms with E-state index in [4.69, 9.17) is 79.6 Å². The molecule has 0 atom stereocenters. The van der Waals surface area contributed by atoms with Crippen molar-refractivity contribution in [2.75, 3.05) is 41.7 Å². The van der Waals surface area contributed by atoms with Crippen LogP contribution in [0.4, 0.5) is 0 Å². The standard InChI is InChI=1S/C32H21NO4.C28H21NO2.C26H17NO2.C21H14.C8H9BrO2.C4H8O.C3H3ClO.CHCl3.BBr3/c1-3-29(34)36-23-17-22(18-24(19-23)37-30(35)4-2)33-27-15-13-20-9-5-7-11-25(20)31(27)32-26-12-8-6-10-21(26)14-16-28(32)33;1-30-21-15-20(16-22(17-21)31-2)29-25-13-11-18-7-3-5-9-23(18)27(25)28-24-10-6-4-8-19(24)12-14-26(28)29;28-19-13-18(14-20(29)15-19)27-23-11-9-16-5-1-3-7-21(16)25(23)26-22-8-4-2-6-17(22)10-12-24(26)27;1-3-7-18-14(5-1)9-11-16-13-17-12-10-15-6-2-4-8-19(15)21(17)20(16)18;1-10-7-3-6(9)4-8(5-7)11-2;1-2-4-5-3-1;1-2-3(4)5;2*2-1(3)4/h3-19H,1-2H2;3-17H,1-2H3;1-15,28-29H;1-12H,13H2;3-5H,1-2H3;1-4H2;2H,1H2;1H;. The Balaban J connectivity index is 0.000000124. The molecule has 0 saturated carbocycles. The maximum absolute atomic E-state index is 12.0. The van der Waals surface area contributed by atoms with Crippen LogP contribution in [0.15, 0.2) is 406 Å². The number of benzene rings is 20. The summed E-state index contributed by atoms with van der Waals surface area (Å²) in [5, 5.41) is 46.5. The number of hydrogen-bond acceptors (Lipinski definition) is 12. The Bertz CT molecular complexity index is 8490. The molecule has 24 heteroatoms. The van der Waals surface area contributed by atoms with Crippen LogP contribution >= 0.6 is 110 Å². The zero-order chi connectivity index (χ0) is 103. The fraction of sp³-hybridized carbons (Fsp3) is 0.0813. The number of aromatic hydroxyl groups is 2. The maximum atomic E-state index is 12.0. The van der Waals surface area contributed by atoms with Gasteiger partial charge >= 0.3 is 15.1 Å². The molecule has 0 bridgehead atoms. The molecular weight excluding hydrogens is 2180 g/mol. The van der Waals surface area contributed by atoms with Crippen molar-refractivity contribution in [3.05, 3.63) is 418 Å². The van der Waals surface area contributed by atoms with Gasteiger partial charge in [0.2, 0.25) is 5.24 Å². The zero-order valence-electron chi connectivity index (χ0n) is 80.0. The Kier molecular flexibility index (Phi) is 33.9. The molecule has 2 aliphatic rings. The van der Waals surface area contributed by atoms with Crippen LogP contribution < -0.4 is 28.4 Å². The first-order valence-corrected chi connectivity index (χ1v) is 52.0. The number of alkyl halides is 3. The minimum absolute atomic E-state index is 0.0385. The highest BCUT2D eigenvalue weighted by molar-refractivity contribution is 9.69. The first kappa shape index (κ1) is 104. The molecule has 0 amide bonds. The third-order valence-electron chi connectivity index (χ3n) is 25.2. The van der Waals surface area contributed by atoms with Gasteiger partial charge in [-0.3, -0.25) is 4.79 Å². The molecule has 4 heterocycles. The Hall–Kier alpha value is -14.4. The van der Waals surface area contributed by atoms with Crippen LogP contribution in [0.25, 0.3) is 180 Å². The number of carbonyl (C=O) groups is 3. The number of nitrogens with zero attached hydrogens (tertiary/aromatic N) is 3. The zero-order valence-corrected chi connectivity index (χ0v) is 89.4. The van der Waals surface area contributed by atoms with E-state index in [2.05, 4.69) is 376 Å². The van der Waals surface area contributed by atoms with Crippen LogP contribution in [0.3, 0.4) is 0 Å². The summed E-state index contributed by atoms with van der Waals surface area (Å²) in [6.07, 6.45) is 6.82.